The Morgan fingerprint density at radius 3 is 2.50 bits per heavy atom. The van der Waals surface area contributed by atoms with Crippen LogP contribution in [0.5, 0.6) is 0 Å². The van der Waals surface area contributed by atoms with Gasteiger partial charge in [-0.3, -0.25) is 4.79 Å². The number of aliphatic hydroxyl groups is 1. The predicted octanol–water partition coefficient (Wildman–Crippen LogP) is 6.87. The maximum atomic E-state index is 14.4. The monoisotopic (exact) mass is 516 g/mol. The summed E-state index contributed by atoms with van der Waals surface area (Å²) in [6.07, 6.45) is 4.49. The molecule has 2 aliphatic carbocycles. The highest BCUT2D eigenvalue weighted by Crippen LogP contribution is 2.46. The van der Waals surface area contributed by atoms with Crippen molar-refractivity contribution in [3.05, 3.63) is 111 Å². The molecule has 0 bridgehead atoms. The van der Waals surface area contributed by atoms with Gasteiger partial charge in [-0.2, -0.15) is 0 Å². The molecule has 1 heterocycles. The number of hydrogen-bond acceptors (Lipinski definition) is 4. The molecule has 38 heavy (non-hydrogen) atoms. The van der Waals surface area contributed by atoms with Gasteiger partial charge in [0, 0.05) is 24.3 Å². The lowest BCUT2D eigenvalue weighted by Crippen LogP contribution is -2.37. The van der Waals surface area contributed by atoms with E-state index >= 15 is 0 Å². The molecule has 3 atom stereocenters. The largest absolute Gasteiger partial charge is 0.511 e. The van der Waals surface area contributed by atoms with Gasteiger partial charge in [0.05, 0.1) is 11.5 Å². The molecule has 1 N–H and O–H groups in total. The second-order valence-corrected chi connectivity index (χ2v) is 10.7. The lowest BCUT2D eigenvalue weighted by Gasteiger charge is -2.34. The van der Waals surface area contributed by atoms with Crippen molar-refractivity contribution >= 4 is 17.3 Å². The third-order valence-corrected chi connectivity index (χ3v) is 7.52. The van der Waals surface area contributed by atoms with Crippen LogP contribution in [0.4, 0.5) is 8.78 Å². The average Bonchev–Trinajstić information content (AvgIpc) is 3.05. The number of carbonyl (C=O) groups is 2. The molecule has 0 saturated heterocycles. The van der Waals surface area contributed by atoms with Crippen LogP contribution in [-0.2, 0) is 27.2 Å². The van der Waals surface area contributed by atoms with Gasteiger partial charge in [-0.1, -0.05) is 50.3 Å². The molecule has 1 aliphatic heterocycles. The highest BCUT2D eigenvalue weighted by molar-refractivity contribution is 6.10. The van der Waals surface area contributed by atoms with Crippen molar-refractivity contribution in [2.45, 2.75) is 52.1 Å². The fourth-order valence-electron chi connectivity index (χ4n) is 5.77. The molecule has 0 spiro atoms. The van der Waals surface area contributed by atoms with Crippen LogP contribution in [0.15, 0.2) is 83.4 Å². The van der Waals surface area contributed by atoms with E-state index in [1.165, 1.54) is 24.3 Å². The number of halogens is 2. The summed E-state index contributed by atoms with van der Waals surface area (Å²) < 4.78 is 34.3. The minimum Gasteiger partial charge on any atom is -0.511 e. The molecular formula is C32H30F2O4. The van der Waals surface area contributed by atoms with Crippen molar-refractivity contribution in [2.75, 3.05) is 0 Å². The van der Waals surface area contributed by atoms with E-state index < -0.39 is 35.6 Å². The number of Topliss-reactive ketones (excluding diaryl/α,β-unsaturated/α-hetero) is 1. The summed E-state index contributed by atoms with van der Waals surface area (Å²) >= 11 is 0. The van der Waals surface area contributed by atoms with Crippen molar-refractivity contribution in [2.24, 2.45) is 11.8 Å². The molecule has 0 aromatic heterocycles. The summed E-state index contributed by atoms with van der Waals surface area (Å²) in [5.74, 6) is -3.66. The van der Waals surface area contributed by atoms with Crippen molar-refractivity contribution < 1.29 is 28.2 Å². The standard InChI is InChI=1S/C32H30F2O4/c1-17(2)13-19-7-9-20(10-8-19)29(28-18(3)24-15-23(34)12-11-21(24)14-26(28)35)30-31(36)25-16-22(33)5-4-6-27(25)38-32(30)37/h4-5,7-12,15-17,25,27,29,36H,6,13-14H2,1-3H3. The van der Waals surface area contributed by atoms with Gasteiger partial charge in [0.1, 0.15) is 23.5 Å². The van der Waals surface area contributed by atoms with Crippen LogP contribution in [0.3, 0.4) is 0 Å². The Hall–Kier alpha value is -3.80. The molecule has 0 fully saturated rings. The number of ether oxygens (including phenoxy) is 1. The minimum absolute atomic E-state index is 0.0395. The van der Waals surface area contributed by atoms with Gasteiger partial charge < -0.3 is 9.84 Å². The van der Waals surface area contributed by atoms with E-state index in [1.807, 2.05) is 24.3 Å². The number of rotatable bonds is 5. The number of esters is 1. The number of allylic oxidation sites excluding steroid dienone is 4. The Morgan fingerprint density at radius 2 is 1.79 bits per heavy atom. The summed E-state index contributed by atoms with van der Waals surface area (Å²) in [4.78, 5) is 27.1. The first kappa shape index (κ1) is 25.8. The fraction of sp³-hybridized carbons (Fsp3) is 0.312. The number of fused-ring (bicyclic) bond motifs is 2. The van der Waals surface area contributed by atoms with E-state index in [1.54, 1.807) is 19.1 Å². The number of aliphatic hydroxyl groups excluding tert-OH is 1. The van der Waals surface area contributed by atoms with E-state index in [0.29, 0.717) is 33.8 Å². The van der Waals surface area contributed by atoms with E-state index in [-0.39, 0.29) is 30.0 Å². The molecule has 0 amide bonds. The smallest absolute Gasteiger partial charge is 0.338 e. The molecule has 3 aliphatic rings. The summed E-state index contributed by atoms with van der Waals surface area (Å²) in [6, 6.07) is 11.9. The summed E-state index contributed by atoms with van der Waals surface area (Å²) in [5.41, 5.74) is 3.75. The molecule has 0 radical (unpaired) electrons. The highest BCUT2D eigenvalue weighted by Gasteiger charge is 2.44. The molecule has 6 heteroatoms. The minimum atomic E-state index is -0.965. The van der Waals surface area contributed by atoms with Crippen molar-refractivity contribution in [1.29, 1.82) is 0 Å². The molecule has 2 aromatic carbocycles. The van der Waals surface area contributed by atoms with Gasteiger partial charge in [-0.25, -0.2) is 13.6 Å². The van der Waals surface area contributed by atoms with E-state index in [0.717, 1.165) is 12.0 Å². The van der Waals surface area contributed by atoms with E-state index in [4.69, 9.17) is 4.74 Å². The van der Waals surface area contributed by atoms with Crippen LogP contribution in [-0.4, -0.2) is 23.0 Å². The number of carbonyl (C=O) groups excluding carboxylic acids is 2. The number of hydrogen-bond donors (Lipinski definition) is 1. The molecule has 0 saturated carbocycles. The summed E-state index contributed by atoms with van der Waals surface area (Å²) in [6.45, 7) is 5.97. The Bertz CT molecular complexity index is 1430. The van der Waals surface area contributed by atoms with E-state index in [2.05, 4.69) is 13.8 Å². The third-order valence-electron chi connectivity index (χ3n) is 7.52. The highest BCUT2D eigenvalue weighted by atomic mass is 19.1. The maximum Gasteiger partial charge on any atom is 0.338 e. The first-order chi connectivity index (χ1) is 18.1. The maximum absolute atomic E-state index is 14.4. The van der Waals surface area contributed by atoms with Crippen molar-refractivity contribution in [1.82, 2.24) is 0 Å². The molecule has 2 aromatic rings. The van der Waals surface area contributed by atoms with Crippen LogP contribution < -0.4 is 0 Å². The predicted molar refractivity (Wildman–Crippen MR) is 141 cm³/mol. The van der Waals surface area contributed by atoms with E-state index in [9.17, 15) is 23.5 Å². The summed E-state index contributed by atoms with van der Waals surface area (Å²) in [7, 11) is 0. The topological polar surface area (TPSA) is 63.6 Å². The van der Waals surface area contributed by atoms with Crippen LogP contribution in [0.25, 0.3) is 5.57 Å². The van der Waals surface area contributed by atoms with Gasteiger partial charge in [-0.15, -0.1) is 0 Å². The van der Waals surface area contributed by atoms with Gasteiger partial charge >= 0.3 is 5.97 Å². The quantitative estimate of drug-likeness (QED) is 0.441. The normalized spacial score (nSPS) is 22.1. The lowest BCUT2D eigenvalue weighted by molar-refractivity contribution is -0.148. The molecule has 5 rings (SSSR count). The third kappa shape index (κ3) is 4.75. The van der Waals surface area contributed by atoms with Gasteiger partial charge in [0.15, 0.2) is 5.78 Å². The number of benzene rings is 2. The average molecular weight is 517 g/mol. The molecular weight excluding hydrogens is 486 g/mol. The zero-order valence-electron chi connectivity index (χ0n) is 21.6. The second kappa shape index (κ2) is 10.2. The number of ketones is 1. The zero-order chi connectivity index (χ0) is 27.1. The summed E-state index contributed by atoms with van der Waals surface area (Å²) in [5, 5.41) is 11.5. The van der Waals surface area contributed by atoms with Crippen LogP contribution in [0, 0.1) is 17.7 Å². The lowest BCUT2D eigenvalue weighted by atomic mass is 9.72. The molecule has 4 nitrogen and oxygen atoms in total. The molecule has 196 valence electrons. The Kier molecular flexibility index (Phi) is 6.91. The van der Waals surface area contributed by atoms with Gasteiger partial charge in [0.2, 0.25) is 0 Å². The molecule has 3 unspecified atom stereocenters. The van der Waals surface area contributed by atoms with Crippen LogP contribution >= 0.6 is 0 Å². The Labute approximate surface area is 221 Å². The Balaban J connectivity index is 1.73. The van der Waals surface area contributed by atoms with Crippen LogP contribution in [0.2, 0.25) is 0 Å². The SMILES string of the molecule is CC1=C(C(C2=C(O)C3C=C(F)C=CCC3OC2=O)c2ccc(CC(C)C)cc2)C(=O)Cc2ccc(F)cc21. The van der Waals surface area contributed by atoms with Gasteiger partial charge in [-0.05, 0) is 71.4 Å². The fourth-order valence-corrected chi connectivity index (χ4v) is 5.77. The first-order valence-corrected chi connectivity index (χ1v) is 12.9. The second-order valence-electron chi connectivity index (χ2n) is 10.7. The van der Waals surface area contributed by atoms with Crippen LogP contribution in [0.1, 0.15) is 55.4 Å². The van der Waals surface area contributed by atoms with Crippen molar-refractivity contribution in [3.63, 3.8) is 0 Å². The Morgan fingerprint density at radius 1 is 1.05 bits per heavy atom. The zero-order valence-corrected chi connectivity index (χ0v) is 21.6. The van der Waals surface area contributed by atoms with Crippen molar-refractivity contribution in [3.8, 4) is 0 Å². The first-order valence-electron chi connectivity index (χ1n) is 12.9. The van der Waals surface area contributed by atoms with Gasteiger partial charge in [0.25, 0.3) is 0 Å².